The van der Waals surface area contributed by atoms with E-state index in [1.54, 1.807) is 18.8 Å². The van der Waals surface area contributed by atoms with Crippen LogP contribution in [0.15, 0.2) is 29.5 Å². The highest BCUT2D eigenvalue weighted by atomic mass is 127. The number of guanidine groups is 1. The Morgan fingerprint density at radius 3 is 2.74 bits per heavy atom. The third-order valence-electron chi connectivity index (χ3n) is 3.20. The predicted molar refractivity (Wildman–Crippen MR) is 94.4 cm³/mol. The van der Waals surface area contributed by atoms with Gasteiger partial charge in [0, 0.05) is 33.3 Å². The van der Waals surface area contributed by atoms with Crippen LogP contribution in [-0.2, 0) is 20.1 Å². The smallest absolute Gasteiger partial charge is 0.194 e. The fourth-order valence-corrected chi connectivity index (χ4v) is 1.99. The Balaban J connectivity index is 0.00000264. The van der Waals surface area contributed by atoms with Crippen molar-refractivity contribution >= 4 is 29.9 Å². The van der Waals surface area contributed by atoms with Gasteiger partial charge in [-0.05, 0) is 18.2 Å². The minimum absolute atomic E-state index is 0. The molecule has 0 radical (unpaired) electrons. The maximum absolute atomic E-state index is 13.6. The highest BCUT2D eigenvalue weighted by molar-refractivity contribution is 14.0. The Kier molecular flexibility index (Phi) is 7.33. The van der Waals surface area contributed by atoms with E-state index in [0.29, 0.717) is 12.5 Å². The number of nitrogens with zero attached hydrogens (tertiary/aromatic N) is 5. The first-order valence-corrected chi connectivity index (χ1v) is 6.70. The van der Waals surface area contributed by atoms with E-state index in [1.165, 1.54) is 6.33 Å². The van der Waals surface area contributed by atoms with E-state index >= 15 is 0 Å². The zero-order valence-corrected chi connectivity index (χ0v) is 15.5. The number of benzene rings is 1. The number of aromatic nitrogens is 3. The summed E-state index contributed by atoms with van der Waals surface area (Å²) in [6, 6.07) is 3.37. The van der Waals surface area contributed by atoms with Crippen LogP contribution in [0.3, 0.4) is 0 Å². The number of hydrogen-bond donors (Lipinski definition) is 1. The third-order valence-corrected chi connectivity index (χ3v) is 3.20. The van der Waals surface area contributed by atoms with Gasteiger partial charge in [0.1, 0.15) is 23.8 Å². The Morgan fingerprint density at radius 2 is 2.13 bits per heavy atom. The van der Waals surface area contributed by atoms with Gasteiger partial charge in [-0.1, -0.05) is 0 Å². The molecule has 0 aliphatic heterocycles. The van der Waals surface area contributed by atoms with Crippen LogP contribution in [0.1, 0.15) is 11.4 Å². The number of aliphatic imine (C=N–C) groups is 1. The lowest BCUT2D eigenvalue weighted by atomic mass is 10.2. The normalized spacial score (nSPS) is 11.1. The van der Waals surface area contributed by atoms with E-state index in [9.17, 15) is 8.78 Å². The number of aryl methyl sites for hydroxylation is 1. The molecule has 0 amide bonds. The topological polar surface area (TPSA) is 58.3 Å². The van der Waals surface area contributed by atoms with Crippen molar-refractivity contribution in [1.82, 2.24) is 25.0 Å². The Morgan fingerprint density at radius 1 is 1.39 bits per heavy atom. The summed E-state index contributed by atoms with van der Waals surface area (Å²) in [5.41, 5.74) is 0.244. The molecule has 2 aromatic rings. The van der Waals surface area contributed by atoms with Gasteiger partial charge in [-0.2, -0.15) is 5.10 Å². The second kappa shape index (κ2) is 8.75. The van der Waals surface area contributed by atoms with E-state index in [0.717, 1.165) is 24.0 Å². The highest BCUT2D eigenvalue weighted by Crippen LogP contribution is 2.09. The highest BCUT2D eigenvalue weighted by Gasteiger charge is 2.11. The molecule has 0 aliphatic carbocycles. The predicted octanol–water partition coefficient (Wildman–Crippen LogP) is 1.92. The average molecular weight is 436 g/mol. The fraction of sp³-hybridized carbons (Fsp3) is 0.357. The molecule has 23 heavy (non-hydrogen) atoms. The molecule has 9 heteroatoms. The van der Waals surface area contributed by atoms with Crippen LogP contribution in [0.4, 0.5) is 8.78 Å². The van der Waals surface area contributed by atoms with E-state index in [4.69, 9.17) is 0 Å². The average Bonchev–Trinajstić information content (AvgIpc) is 2.88. The Labute approximate surface area is 150 Å². The number of halogens is 3. The van der Waals surface area contributed by atoms with Gasteiger partial charge in [0.25, 0.3) is 0 Å². The summed E-state index contributed by atoms with van der Waals surface area (Å²) in [6.45, 7) is 0.626. The molecule has 0 saturated carbocycles. The number of rotatable bonds is 4. The van der Waals surface area contributed by atoms with Crippen LogP contribution in [0, 0.1) is 11.6 Å². The van der Waals surface area contributed by atoms with Crippen molar-refractivity contribution in [2.75, 3.05) is 14.1 Å². The molecule has 0 unspecified atom stereocenters. The lowest BCUT2D eigenvalue weighted by Gasteiger charge is -2.21. The minimum atomic E-state index is -0.472. The third kappa shape index (κ3) is 5.12. The summed E-state index contributed by atoms with van der Waals surface area (Å²) < 4.78 is 28.4. The van der Waals surface area contributed by atoms with Crippen molar-refractivity contribution in [3.63, 3.8) is 0 Å². The van der Waals surface area contributed by atoms with Crippen LogP contribution < -0.4 is 5.32 Å². The maximum Gasteiger partial charge on any atom is 0.194 e. The molecule has 1 aromatic heterocycles. The lowest BCUT2D eigenvalue weighted by Crippen LogP contribution is -2.38. The van der Waals surface area contributed by atoms with Crippen molar-refractivity contribution in [3.8, 4) is 0 Å². The van der Waals surface area contributed by atoms with Crippen molar-refractivity contribution in [2.45, 2.75) is 13.1 Å². The van der Waals surface area contributed by atoms with Gasteiger partial charge >= 0.3 is 0 Å². The van der Waals surface area contributed by atoms with Gasteiger partial charge in [0.05, 0.1) is 6.54 Å². The molecule has 0 aliphatic rings. The Bertz CT molecular complexity index is 673. The molecule has 0 atom stereocenters. The second-order valence-corrected chi connectivity index (χ2v) is 4.79. The second-order valence-electron chi connectivity index (χ2n) is 4.79. The molecule has 6 nitrogen and oxygen atoms in total. The minimum Gasteiger partial charge on any atom is -0.352 e. The van der Waals surface area contributed by atoms with Gasteiger partial charge in [-0.3, -0.25) is 9.67 Å². The SMILES string of the molecule is CN=C(NCc1cc(F)ccc1F)N(C)Cc1ncnn1C.I. The molecule has 0 bridgehead atoms. The van der Waals surface area contributed by atoms with Gasteiger partial charge in [-0.25, -0.2) is 13.8 Å². The van der Waals surface area contributed by atoms with Crippen LogP contribution >= 0.6 is 24.0 Å². The van der Waals surface area contributed by atoms with Crippen molar-refractivity contribution in [3.05, 3.63) is 47.5 Å². The summed E-state index contributed by atoms with van der Waals surface area (Å²) in [5.74, 6) is 0.384. The maximum atomic E-state index is 13.6. The molecular formula is C14H19F2IN6. The summed E-state index contributed by atoms with van der Waals surface area (Å²) in [4.78, 5) is 10.1. The summed E-state index contributed by atoms with van der Waals surface area (Å²) in [5, 5.41) is 6.99. The van der Waals surface area contributed by atoms with Crippen LogP contribution in [0.5, 0.6) is 0 Å². The summed E-state index contributed by atoms with van der Waals surface area (Å²) >= 11 is 0. The van der Waals surface area contributed by atoms with E-state index in [1.807, 2.05) is 11.9 Å². The van der Waals surface area contributed by atoms with Crippen molar-refractivity contribution in [2.24, 2.45) is 12.0 Å². The first-order valence-electron chi connectivity index (χ1n) is 6.70. The zero-order chi connectivity index (χ0) is 16.1. The van der Waals surface area contributed by atoms with Gasteiger partial charge in [-0.15, -0.1) is 24.0 Å². The van der Waals surface area contributed by atoms with Crippen molar-refractivity contribution in [1.29, 1.82) is 0 Å². The lowest BCUT2D eigenvalue weighted by molar-refractivity contribution is 0.447. The van der Waals surface area contributed by atoms with Crippen molar-refractivity contribution < 1.29 is 8.78 Å². The molecule has 126 valence electrons. The molecule has 1 aromatic carbocycles. The van der Waals surface area contributed by atoms with Gasteiger partial charge < -0.3 is 10.2 Å². The molecule has 1 N–H and O–H groups in total. The molecule has 2 rings (SSSR count). The molecular weight excluding hydrogens is 417 g/mol. The zero-order valence-electron chi connectivity index (χ0n) is 13.1. The largest absolute Gasteiger partial charge is 0.352 e. The van der Waals surface area contributed by atoms with Gasteiger partial charge in [0.2, 0.25) is 0 Å². The quantitative estimate of drug-likeness (QED) is 0.452. The monoisotopic (exact) mass is 436 g/mol. The molecule has 0 saturated heterocycles. The number of hydrogen-bond acceptors (Lipinski definition) is 3. The van der Waals surface area contributed by atoms with E-state index in [2.05, 4.69) is 20.4 Å². The van der Waals surface area contributed by atoms with E-state index < -0.39 is 11.6 Å². The molecule has 0 fully saturated rings. The van der Waals surface area contributed by atoms with Crippen LogP contribution in [0.25, 0.3) is 0 Å². The molecule has 0 spiro atoms. The summed E-state index contributed by atoms with van der Waals surface area (Å²) in [6.07, 6.45) is 1.47. The first-order chi connectivity index (χ1) is 10.5. The standard InChI is InChI=1S/C14H18F2N6.HI/c1-17-14(21(2)8-13-19-9-20-22(13)3)18-7-10-6-11(15)4-5-12(10)16;/h4-6,9H,7-8H2,1-3H3,(H,17,18);1H. The summed E-state index contributed by atoms with van der Waals surface area (Å²) in [7, 11) is 5.25. The fourth-order valence-electron chi connectivity index (χ4n) is 1.99. The van der Waals surface area contributed by atoms with E-state index in [-0.39, 0.29) is 36.1 Å². The van der Waals surface area contributed by atoms with Gasteiger partial charge in [0.15, 0.2) is 5.96 Å². The number of nitrogens with one attached hydrogen (secondary N) is 1. The van der Waals surface area contributed by atoms with Crippen LogP contribution in [-0.4, -0.2) is 39.7 Å². The van der Waals surface area contributed by atoms with Crippen LogP contribution in [0.2, 0.25) is 0 Å². The first kappa shape index (κ1) is 19.3. The Hall–Kier alpha value is -1.78. The molecule has 1 heterocycles.